The zero-order valence-corrected chi connectivity index (χ0v) is 13.0. The maximum absolute atomic E-state index is 12.8. The van der Waals surface area contributed by atoms with Gasteiger partial charge in [-0.25, -0.2) is 0 Å². The van der Waals surface area contributed by atoms with E-state index in [1.165, 1.54) is 6.07 Å². The highest BCUT2D eigenvalue weighted by molar-refractivity contribution is 9.08. The first kappa shape index (κ1) is 15.7. The lowest BCUT2D eigenvalue weighted by molar-refractivity contribution is -0.137. The van der Waals surface area contributed by atoms with Crippen molar-refractivity contribution < 1.29 is 13.2 Å². The third-order valence-corrected chi connectivity index (χ3v) is 4.05. The van der Waals surface area contributed by atoms with Crippen molar-refractivity contribution in [2.75, 3.05) is 0 Å². The van der Waals surface area contributed by atoms with Crippen LogP contribution in [0.25, 0.3) is 11.1 Å². The third kappa shape index (κ3) is 3.13. The predicted octanol–water partition coefficient (Wildman–Crippen LogP) is 6.57. The largest absolute Gasteiger partial charge is 0.416 e. The van der Waals surface area contributed by atoms with Crippen LogP contribution in [0.2, 0.25) is 10.0 Å². The van der Waals surface area contributed by atoms with Crippen molar-refractivity contribution in [2.45, 2.75) is 11.5 Å². The van der Waals surface area contributed by atoms with E-state index in [4.69, 9.17) is 23.2 Å². The van der Waals surface area contributed by atoms with Crippen LogP contribution in [0.15, 0.2) is 36.4 Å². The first-order valence-electron chi connectivity index (χ1n) is 5.55. The monoisotopic (exact) mass is 382 g/mol. The average Bonchev–Trinajstić information content (AvgIpc) is 2.37. The van der Waals surface area contributed by atoms with Crippen LogP contribution in [-0.4, -0.2) is 0 Å². The molecule has 0 unspecified atom stereocenters. The first-order valence-corrected chi connectivity index (χ1v) is 7.43. The van der Waals surface area contributed by atoms with E-state index in [-0.39, 0.29) is 0 Å². The molecule has 0 radical (unpaired) electrons. The quantitative estimate of drug-likeness (QED) is 0.514. The molecule has 0 atom stereocenters. The molecule has 0 saturated heterocycles. The number of hydrogen-bond donors (Lipinski definition) is 0. The van der Waals surface area contributed by atoms with Gasteiger partial charge in [-0.15, -0.1) is 0 Å². The van der Waals surface area contributed by atoms with Gasteiger partial charge in [-0.3, -0.25) is 0 Å². The highest BCUT2D eigenvalue weighted by Gasteiger charge is 2.31. The summed E-state index contributed by atoms with van der Waals surface area (Å²) in [5.41, 5.74) is 0.755. The Morgan fingerprint density at radius 3 is 2.10 bits per heavy atom. The second-order valence-corrected chi connectivity index (χ2v) is 5.48. The van der Waals surface area contributed by atoms with E-state index in [1.807, 2.05) is 0 Å². The molecule has 0 N–H and O–H groups in total. The lowest BCUT2D eigenvalue weighted by Crippen LogP contribution is -2.05. The van der Waals surface area contributed by atoms with Gasteiger partial charge in [0.1, 0.15) is 0 Å². The molecule has 0 aliphatic carbocycles. The van der Waals surface area contributed by atoms with E-state index >= 15 is 0 Å². The first-order chi connectivity index (χ1) is 9.34. The molecule has 0 spiro atoms. The van der Waals surface area contributed by atoms with Crippen molar-refractivity contribution in [1.82, 2.24) is 0 Å². The van der Waals surface area contributed by atoms with Crippen LogP contribution in [0, 0.1) is 0 Å². The Hall–Kier alpha value is -0.710. The molecule has 0 saturated carbocycles. The Morgan fingerprint density at radius 1 is 1.00 bits per heavy atom. The SMILES string of the molecule is FC(F)(F)c1ccc(CBr)c(-c2c(Cl)cccc2Cl)c1. The Kier molecular flexibility index (Phi) is 4.67. The summed E-state index contributed by atoms with van der Waals surface area (Å²) in [5, 5.41) is 1.04. The molecule has 106 valence electrons. The summed E-state index contributed by atoms with van der Waals surface area (Å²) in [6.45, 7) is 0. The summed E-state index contributed by atoms with van der Waals surface area (Å²) in [7, 11) is 0. The summed E-state index contributed by atoms with van der Waals surface area (Å²) >= 11 is 15.4. The zero-order valence-electron chi connectivity index (χ0n) is 9.94. The second-order valence-electron chi connectivity index (χ2n) is 4.10. The summed E-state index contributed by atoms with van der Waals surface area (Å²) in [6.07, 6.45) is -4.41. The minimum Gasteiger partial charge on any atom is -0.166 e. The molecule has 0 nitrogen and oxygen atoms in total. The Balaban J connectivity index is 2.71. The van der Waals surface area contributed by atoms with Gasteiger partial charge in [-0.05, 0) is 35.4 Å². The molecule has 0 fully saturated rings. The van der Waals surface area contributed by atoms with E-state index in [9.17, 15) is 13.2 Å². The number of hydrogen-bond acceptors (Lipinski definition) is 0. The van der Waals surface area contributed by atoms with Gasteiger partial charge < -0.3 is 0 Å². The van der Waals surface area contributed by atoms with Crippen molar-refractivity contribution >= 4 is 39.1 Å². The van der Waals surface area contributed by atoms with E-state index in [0.29, 0.717) is 32.1 Å². The molecular weight excluding hydrogens is 376 g/mol. The van der Waals surface area contributed by atoms with Crippen LogP contribution in [0.1, 0.15) is 11.1 Å². The fourth-order valence-corrected chi connectivity index (χ4v) is 2.95. The van der Waals surface area contributed by atoms with Gasteiger partial charge >= 0.3 is 6.18 Å². The normalized spacial score (nSPS) is 11.7. The summed E-state index contributed by atoms with van der Waals surface area (Å²) in [5.74, 6) is 0. The standard InChI is InChI=1S/C14H8BrCl2F3/c15-7-8-4-5-9(14(18,19)20)6-10(8)13-11(16)2-1-3-12(13)17/h1-6H,7H2. The number of benzene rings is 2. The van der Waals surface area contributed by atoms with Gasteiger partial charge in [0, 0.05) is 20.9 Å². The Labute approximate surface area is 132 Å². The zero-order chi connectivity index (χ0) is 14.9. The topological polar surface area (TPSA) is 0 Å². The fraction of sp³-hybridized carbons (Fsp3) is 0.143. The van der Waals surface area contributed by atoms with E-state index in [2.05, 4.69) is 15.9 Å². The van der Waals surface area contributed by atoms with Crippen LogP contribution in [0.4, 0.5) is 13.2 Å². The molecular formula is C14H8BrCl2F3. The molecule has 2 rings (SSSR count). The minimum atomic E-state index is -4.41. The van der Waals surface area contributed by atoms with Crippen LogP contribution in [0.5, 0.6) is 0 Å². The van der Waals surface area contributed by atoms with Crippen LogP contribution in [-0.2, 0) is 11.5 Å². The van der Waals surface area contributed by atoms with Gasteiger partial charge in [-0.1, -0.05) is 51.3 Å². The van der Waals surface area contributed by atoms with Gasteiger partial charge in [0.15, 0.2) is 0 Å². The summed E-state index contributed by atoms with van der Waals surface area (Å²) < 4.78 is 38.5. The molecule has 0 heterocycles. The van der Waals surface area contributed by atoms with Crippen molar-refractivity contribution in [3.63, 3.8) is 0 Å². The molecule has 6 heteroatoms. The van der Waals surface area contributed by atoms with Gasteiger partial charge in [0.05, 0.1) is 5.56 Å². The number of alkyl halides is 4. The van der Waals surface area contributed by atoms with Gasteiger partial charge in [0.25, 0.3) is 0 Å². The van der Waals surface area contributed by atoms with Crippen molar-refractivity contribution in [3.05, 3.63) is 57.6 Å². The fourth-order valence-electron chi connectivity index (χ4n) is 1.86. The lowest BCUT2D eigenvalue weighted by atomic mass is 9.97. The van der Waals surface area contributed by atoms with Gasteiger partial charge in [0.2, 0.25) is 0 Å². The van der Waals surface area contributed by atoms with Gasteiger partial charge in [-0.2, -0.15) is 13.2 Å². The Morgan fingerprint density at radius 2 is 1.60 bits per heavy atom. The van der Waals surface area contributed by atoms with Crippen LogP contribution in [0.3, 0.4) is 0 Å². The van der Waals surface area contributed by atoms with E-state index < -0.39 is 11.7 Å². The molecule has 0 amide bonds. The van der Waals surface area contributed by atoms with Crippen molar-refractivity contribution in [2.24, 2.45) is 0 Å². The number of halogens is 6. The van der Waals surface area contributed by atoms with Crippen molar-refractivity contribution in [3.8, 4) is 11.1 Å². The molecule has 0 bridgehead atoms. The number of rotatable bonds is 2. The maximum Gasteiger partial charge on any atom is 0.416 e. The second kappa shape index (κ2) is 5.96. The third-order valence-electron chi connectivity index (χ3n) is 2.81. The molecule has 0 aromatic heterocycles. The highest BCUT2D eigenvalue weighted by Crippen LogP contribution is 2.40. The molecule has 20 heavy (non-hydrogen) atoms. The summed E-state index contributed by atoms with van der Waals surface area (Å²) in [4.78, 5) is 0. The molecule has 0 aliphatic rings. The molecule has 2 aromatic rings. The van der Waals surface area contributed by atoms with E-state index in [0.717, 1.165) is 12.1 Å². The summed E-state index contributed by atoms with van der Waals surface area (Å²) in [6, 6.07) is 8.39. The smallest absolute Gasteiger partial charge is 0.166 e. The predicted molar refractivity (Wildman–Crippen MR) is 79.5 cm³/mol. The lowest BCUT2D eigenvalue weighted by Gasteiger charge is -2.14. The molecule has 0 aliphatic heterocycles. The molecule has 2 aromatic carbocycles. The van der Waals surface area contributed by atoms with Crippen LogP contribution >= 0.6 is 39.1 Å². The van der Waals surface area contributed by atoms with Crippen LogP contribution < -0.4 is 0 Å². The highest BCUT2D eigenvalue weighted by atomic mass is 79.9. The maximum atomic E-state index is 12.8. The average molecular weight is 384 g/mol. The van der Waals surface area contributed by atoms with E-state index in [1.54, 1.807) is 18.2 Å². The minimum absolute atomic E-state index is 0.319. The Bertz CT molecular complexity index is 619. The van der Waals surface area contributed by atoms with Crippen molar-refractivity contribution in [1.29, 1.82) is 0 Å².